The first-order valence-corrected chi connectivity index (χ1v) is 8.55. The molecule has 1 aromatic rings. The van der Waals surface area contributed by atoms with Gasteiger partial charge in [0.05, 0.1) is 6.26 Å². The molecule has 0 bridgehead atoms. The van der Waals surface area contributed by atoms with Crippen molar-refractivity contribution in [3.63, 3.8) is 0 Å². The number of hydrogen-bond acceptors (Lipinski definition) is 3. The van der Waals surface area contributed by atoms with E-state index in [1.165, 1.54) is 11.8 Å². The molecule has 4 nitrogen and oxygen atoms in total. The molecular formula is C14H22N2O2S. The largest absolute Gasteiger partial charge is 0.298 e. The topological polar surface area (TPSA) is 40.6 Å². The van der Waals surface area contributed by atoms with Gasteiger partial charge < -0.3 is 0 Å². The fraction of sp³-hybridized carbons (Fsp3) is 0.571. The normalized spacial score (nSPS) is 20.3. The van der Waals surface area contributed by atoms with E-state index in [0.29, 0.717) is 19.1 Å². The summed E-state index contributed by atoms with van der Waals surface area (Å²) in [6.45, 7) is 5.07. The lowest BCUT2D eigenvalue weighted by molar-refractivity contribution is 0.145. The van der Waals surface area contributed by atoms with Gasteiger partial charge in [0.25, 0.3) is 0 Å². The smallest absolute Gasteiger partial charge is 0.211 e. The van der Waals surface area contributed by atoms with Gasteiger partial charge >= 0.3 is 0 Å². The molecule has 0 N–H and O–H groups in total. The van der Waals surface area contributed by atoms with Crippen molar-refractivity contribution in [2.75, 3.05) is 32.4 Å². The summed E-state index contributed by atoms with van der Waals surface area (Å²) in [5, 5.41) is 0. The maximum Gasteiger partial charge on any atom is 0.211 e. The molecule has 1 fully saturated rings. The van der Waals surface area contributed by atoms with Gasteiger partial charge in [0, 0.05) is 32.2 Å². The molecule has 0 saturated carbocycles. The van der Waals surface area contributed by atoms with Gasteiger partial charge in [-0.2, -0.15) is 4.31 Å². The van der Waals surface area contributed by atoms with Crippen molar-refractivity contribution in [2.45, 2.75) is 19.4 Å². The Bertz CT molecular complexity index is 493. The second-order valence-corrected chi connectivity index (χ2v) is 7.22. The Kier molecular flexibility index (Phi) is 4.60. The van der Waals surface area contributed by atoms with Gasteiger partial charge in [0.1, 0.15) is 0 Å². The van der Waals surface area contributed by atoms with Crippen molar-refractivity contribution >= 4 is 10.0 Å². The van der Waals surface area contributed by atoms with Crippen LogP contribution in [0.4, 0.5) is 0 Å². The molecule has 1 aliphatic heterocycles. The van der Waals surface area contributed by atoms with E-state index in [4.69, 9.17) is 0 Å². The maximum absolute atomic E-state index is 11.5. The fourth-order valence-electron chi connectivity index (χ4n) is 2.56. The van der Waals surface area contributed by atoms with E-state index in [9.17, 15) is 8.42 Å². The summed E-state index contributed by atoms with van der Waals surface area (Å²) < 4.78 is 24.5. The summed E-state index contributed by atoms with van der Waals surface area (Å²) in [6, 6.07) is 10.9. The molecule has 0 spiro atoms. The molecule has 5 heteroatoms. The zero-order valence-electron chi connectivity index (χ0n) is 11.6. The fourth-order valence-corrected chi connectivity index (χ4v) is 3.39. The SMILES string of the molecule is CC(Cc1ccccc1)N1CCN(S(C)(=O)=O)CC1. The van der Waals surface area contributed by atoms with Crippen LogP contribution in [-0.4, -0.2) is 56.1 Å². The highest BCUT2D eigenvalue weighted by Gasteiger charge is 2.25. The van der Waals surface area contributed by atoms with Crippen LogP contribution in [0.25, 0.3) is 0 Å². The van der Waals surface area contributed by atoms with Crippen LogP contribution >= 0.6 is 0 Å². The number of rotatable bonds is 4. The van der Waals surface area contributed by atoms with Crippen LogP contribution in [0.3, 0.4) is 0 Å². The van der Waals surface area contributed by atoms with Gasteiger partial charge in [-0.1, -0.05) is 30.3 Å². The predicted octanol–water partition coefficient (Wildman–Crippen LogP) is 1.19. The van der Waals surface area contributed by atoms with E-state index >= 15 is 0 Å². The summed E-state index contributed by atoms with van der Waals surface area (Å²) in [7, 11) is -3.03. The van der Waals surface area contributed by atoms with Crippen LogP contribution in [0.2, 0.25) is 0 Å². The third-order valence-electron chi connectivity index (χ3n) is 3.74. The summed E-state index contributed by atoms with van der Waals surface area (Å²) in [6.07, 6.45) is 2.30. The Balaban J connectivity index is 1.88. The van der Waals surface area contributed by atoms with E-state index < -0.39 is 10.0 Å². The molecule has 19 heavy (non-hydrogen) atoms. The summed E-state index contributed by atoms with van der Waals surface area (Å²) >= 11 is 0. The molecule has 1 unspecified atom stereocenters. The average Bonchev–Trinajstić information content (AvgIpc) is 2.39. The second-order valence-electron chi connectivity index (χ2n) is 5.24. The van der Waals surface area contributed by atoms with Crippen molar-refractivity contribution in [3.8, 4) is 0 Å². The molecule has 1 heterocycles. The quantitative estimate of drug-likeness (QED) is 0.833. The van der Waals surface area contributed by atoms with Crippen LogP contribution in [0.15, 0.2) is 30.3 Å². The molecule has 1 aromatic carbocycles. The lowest BCUT2D eigenvalue weighted by atomic mass is 10.1. The van der Waals surface area contributed by atoms with Crippen LogP contribution in [0, 0.1) is 0 Å². The van der Waals surface area contributed by atoms with E-state index in [1.807, 2.05) is 6.07 Å². The number of benzene rings is 1. The molecule has 106 valence electrons. The summed E-state index contributed by atoms with van der Waals surface area (Å²) in [5.41, 5.74) is 1.33. The van der Waals surface area contributed by atoms with Crippen LogP contribution < -0.4 is 0 Å². The number of sulfonamides is 1. The highest BCUT2D eigenvalue weighted by Crippen LogP contribution is 2.13. The van der Waals surface area contributed by atoms with E-state index in [-0.39, 0.29) is 0 Å². The lowest BCUT2D eigenvalue weighted by Crippen LogP contribution is -2.51. The first-order chi connectivity index (χ1) is 8.97. The first kappa shape index (κ1) is 14.5. The van der Waals surface area contributed by atoms with Crippen molar-refractivity contribution in [1.29, 1.82) is 0 Å². The molecule has 2 rings (SSSR count). The molecule has 0 radical (unpaired) electrons. The number of nitrogens with zero attached hydrogens (tertiary/aromatic N) is 2. The molecule has 1 saturated heterocycles. The minimum atomic E-state index is -3.03. The van der Waals surface area contributed by atoms with Gasteiger partial charge in [-0.05, 0) is 18.9 Å². The summed E-state index contributed by atoms with van der Waals surface area (Å²) in [4.78, 5) is 2.37. The van der Waals surface area contributed by atoms with Gasteiger partial charge in [-0.25, -0.2) is 8.42 Å². The maximum atomic E-state index is 11.5. The van der Waals surface area contributed by atoms with Gasteiger partial charge in [0.15, 0.2) is 0 Å². The lowest BCUT2D eigenvalue weighted by Gasteiger charge is -2.37. The highest BCUT2D eigenvalue weighted by atomic mass is 32.2. The van der Waals surface area contributed by atoms with E-state index in [0.717, 1.165) is 19.5 Å². The average molecular weight is 282 g/mol. The second kappa shape index (κ2) is 6.03. The van der Waals surface area contributed by atoms with Crippen LogP contribution in [-0.2, 0) is 16.4 Å². The molecule has 0 amide bonds. The predicted molar refractivity (Wildman–Crippen MR) is 77.6 cm³/mol. The van der Waals surface area contributed by atoms with Crippen molar-refractivity contribution in [1.82, 2.24) is 9.21 Å². The standard InChI is InChI=1S/C14H22N2O2S/c1-13(12-14-6-4-3-5-7-14)15-8-10-16(11-9-15)19(2,17)18/h3-7,13H,8-12H2,1-2H3. The monoisotopic (exact) mass is 282 g/mol. The van der Waals surface area contributed by atoms with Crippen molar-refractivity contribution in [3.05, 3.63) is 35.9 Å². The number of piperazine rings is 1. The van der Waals surface area contributed by atoms with Gasteiger partial charge in [0.2, 0.25) is 10.0 Å². The zero-order valence-corrected chi connectivity index (χ0v) is 12.4. The third kappa shape index (κ3) is 4.03. The minimum absolute atomic E-state index is 0.448. The Hall–Kier alpha value is -0.910. The first-order valence-electron chi connectivity index (χ1n) is 6.70. The van der Waals surface area contributed by atoms with Crippen LogP contribution in [0.1, 0.15) is 12.5 Å². The molecule has 0 aromatic heterocycles. The highest BCUT2D eigenvalue weighted by molar-refractivity contribution is 7.88. The number of hydrogen-bond donors (Lipinski definition) is 0. The zero-order chi connectivity index (χ0) is 13.9. The van der Waals surface area contributed by atoms with Crippen molar-refractivity contribution < 1.29 is 8.42 Å². The molecule has 1 atom stereocenters. The van der Waals surface area contributed by atoms with Gasteiger partial charge in [-0.15, -0.1) is 0 Å². The third-order valence-corrected chi connectivity index (χ3v) is 5.04. The molecular weight excluding hydrogens is 260 g/mol. The van der Waals surface area contributed by atoms with E-state index in [2.05, 4.69) is 36.1 Å². The Morgan fingerprint density at radius 3 is 2.21 bits per heavy atom. The Morgan fingerprint density at radius 1 is 1.11 bits per heavy atom. The van der Waals surface area contributed by atoms with Gasteiger partial charge in [-0.3, -0.25) is 4.90 Å². The summed E-state index contributed by atoms with van der Waals surface area (Å²) in [5.74, 6) is 0. The molecule has 1 aliphatic rings. The Labute approximate surface area is 116 Å². The minimum Gasteiger partial charge on any atom is -0.298 e. The Morgan fingerprint density at radius 2 is 1.68 bits per heavy atom. The van der Waals surface area contributed by atoms with E-state index in [1.54, 1.807) is 4.31 Å². The van der Waals surface area contributed by atoms with Crippen molar-refractivity contribution in [2.24, 2.45) is 0 Å². The molecule has 0 aliphatic carbocycles. The van der Waals surface area contributed by atoms with Crippen LogP contribution in [0.5, 0.6) is 0 Å².